The van der Waals surface area contributed by atoms with Crippen LogP contribution in [0.4, 0.5) is 13.2 Å². The van der Waals surface area contributed by atoms with E-state index < -0.39 is 24.6 Å². The fourth-order valence-electron chi connectivity index (χ4n) is 1.95. The smallest absolute Gasteiger partial charge is 0.356 e. The van der Waals surface area contributed by atoms with E-state index in [2.05, 4.69) is 5.32 Å². The highest BCUT2D eigenvalue weighted by Gasteiger charge is 2.26. The first kappa shape index (κ1) is 17.5. The Bertz CT molecular complexity index is 434. The Morgan fingerprint density at radius 3 is 2.43 bits per heavy atom. The van der Waals surface area contributed by atoms with Crippen molar-refractivity contribution in [2.45, 2.75) is 38.4 Å². The predicted molar refractivity (Wildman–Crippen MR) is 75.5 cm³/mol. The zero-order valence-corrected chi connectivity index (χ0v) is 12.0. The molecule has 1 rings (SSSR count). The van der Waals surface area contributed by atoms with Gasteiger partial charge in [-0.3, -0.25) is 4.79 Å². The van der Waals surface area contributed by atoms with Gasteiger partial charge in [0.15, 0.2) is 0 Å². The highest BCUT2D eigenvalue weighted by atomic mass is 19.4. The van der Waals surface area contributed by atoms with Crippen molar-refractivity contribution in [3.8, 4) is 0 Å². The van der Waals surface area contributed by atoms with E-state index in [1.165, 1.54) is 0 Å². The first-order valence-electron chi connectivity index (χ1n) is 6.96. The molecule has 2 unspecified atom stereocenters. The summed E-state index contributed by atoms with van der Waals surface area (Å²) in [7, 11) is 0. The Hall–Kier alpha value is -1.56. The third kappa shape index (κ3) is 6.62. The van der Waals surface area contributed by atoms with Gasteiger partial charge >= 0.3 is 6.18 Å². The van der Waals surface area contributed by atoms with Gasteiger partial charge in [0.25, 0.3) is 0 Å². The van der Waals surface area contributed by atoms with Crippen LogP contribution in [0.5, 0.6) is 0 Å². The summed E-state index contributed by atoms with van der Waals surface area (Å²) in [5.41, 5.74) is 6.88. The molecule has 0 aliphatic rings. The van der Waals surface area contributed by atoms with Gasteiger partial charge in [-0.25, -0.2) is 0 Å². The van der Waals surface area contributed by atoms with Crippen LogP contribution in [0.15, 0.2) is 30.3 Å². The average molecular weight is 302 g/mol. The van der Waals surface area contributed by atoms with Gasteiger partial charge in [0.2, 0.25) is 5.91 Å². The lowest BCUT2D eigenvalue weighted by molar-refractivity contribution is -0.135. The fourth-order valence-corrected chi connectivity index (χ4v) is 1.95. The number of nitrogens with two attached hydrogens (primary N) is 1. The van der Waals surface area contributed by atoms with Crippen LogP contribution in [0, 0.1) is 5.92 Å². The molecule has 0 aromatic heterocycles. The van der Waals surface area contributed by atoms with Crippen molar-refractivity contribution in [2.24, 2.45) is 11.7 Å². The Morgan fingerprint density at radius 1 is 1.24 bits per heavy atom. The van der Waals surface area contributed by atoms with Crippen LogP contribution in [0.1, 0.15) is 37.8 Å². The van der Waals surface area contributed by atoms with E-state index in [0.717, 1.165) is 5.56 Å². The molecule has 0 heterocycles. The molecule has 3 N–H and O–H groups in total. The fraction of sp³-hybridized carbons (Fsp3) is 0.533. The molecule has 6 heteroatoms. The number of carbonyl (C=O) groups is 1. The minimum absolute atomic E-state index is 0.0168. The summed E-state index contributed by atoms with van der Waals surface area (Å²) in [5.74, 6) is -0.673. The summed E-state index contributed by atoms with van der Waals surface area (Å²) >= 11 is 0. The second-order valence-electron chi connectivity index (χ2n) is 5.09. The lowest BCUT2D eigenvalue weighted by Gasteiger charge is -2.19. The third-order valence-electron chi connectivity index (χ3n) is 3.32. The number of hydrogen-bond acceptors (Lipinski definition) is 2. The van der Waals surface area contributed by atoms with E-state index >= 15 is 0 Å². The third-order valence-corrected chi connectivity index (χ3v) is 3.32. The van der Waals surface area contributed by atoms with Crippen LogP contribution < -0.4 is 11.1 Å². The number of halogens is 3. The molecule has 1 aromatic carbocycles. The molecule has 0 saturated heterocycles. The van der Waals surface area contributed by atoms with Gasteiger partial charge in [0, 0.05) is 19.0 Å². The molecule has 0 fully saturated rings. The van der Waals surface area contributed by atoms with E-state index in [-0.39, 0.29) is 18.9 Å². The van der Waals surface area contributed by atoms with E-state index in [0.29, 0.717) is 6.42 Å². The molecule has 2 atom stereocenters. The standard InChI is InChI=1S/C15H21F3N2O/c1-11(13(19)12-7-3-2-4-8-12)14(21)20-10-6-5-9-15(16,17)18/h2-4,7-8,11,13H,5-6,9-10,19H2,1H3,(H,20,21). The summed E-state index contributed by atoms with van der Waals surface area (Å²) < 4.78 is 35.9. The lowest BCUT2D eigenvalue weighted by atomic mass is 9.94. The largest absolute Gasteiger partial charge is 0.389 e. The molecule has 0 spiro atoms. The maximum Gasteiger partial charge on any atom is 0.389 e. The highest BCUT2D eigenvalue weighted by Crippen LogP contribution is 2.22. The molecule has 1 aromatic rings. The SMILES string of the molecule is CC(C(=O)NCCCCC(F)(F)F)C(N)c1ccccc1. The molecule has 0 aliphatic carbocycles. The number of alkyl halides is 3. The maximum atomic E-state index is 12.0. The molecule has 0 radical (unpaired) electrons. The van der Waals surface area contributed by atoms with E-state index in [9.17, 15) is 18.0 Å². The molecule has 1 amide bonds. The summed E-state index contributed by atoms with van der Waals surface area (Å²) in [6.45, 7) is 1.95. The van der Waals surface area contributed by atoms with Crippen molar-refractivity contribution in [3.63, 3.8) is 0 Å². The van der Waals surface area contributed by atoms with Crippen LogP contribution in [0.25, 0.3) is 0 Å². The number of hydrogen-bond donors (Lipinski definition) is 2. The van der Waals surface area contributed by atoms with Crippen LogP contribution in [0.3, 0.4) is 0 Å². The zero-order chi connectivity index (χ0) is 15.9. The van der Waals surface area contributed by atoms with E-state index in [4.69, 9.17) is 5.73 Å². The van der Waals surface area contributed by atoms with Gasteiger partial charge in [-0.2, -0.15) is 13.2 Å². The summed E-state index contributed by atoms with van der Waals surface area (Å²) in [4.78, 5) is 11.9. The van der Waals surface area contributed by atoms with Gasteiger partial charge in [0.1, 0.15) is 0 Å². The van der Waals surface area contributed by atoms with Crippen molar-refractivity contribution in [3.05, 3.63) is 35.9 Å². The van der Waals surface area contributed by atoms with Crippen LogP contribution in [-0.2, 0) is 4.79 Å². The summed E-state index contributed by atoms with van der Waals surface area (Å²) in [6.07, 6.45) is -4.63. The molecule has 118 valence electrons. The number of benzene rings is 1. The molecule has 21 heavy (non-hydrogen) atoms. The monoisotopic (exact) mass is 302 g/mol. The molecule has 0 aliphatic heterocycles. The number of carbonyl (C=O) groups excluding carboxylic acids is 1. The summed E-state index contributed by atoms with van der Waals surface area (Å²) in [5, 5.41) is 2.63. The quantitative estimate of drug-likeness (QED) is 0.760. The number of amides is 1. The van der Waals surface area contributed by atoms with Gasteiger partial charge in [-0.1, -0.05) is 37.3 Å². The van der Waals surface area contributed by atoms with Crippen LogP contribution >= 0.6 is 0 Å². The van der Waals surface area contributed by atoms with Crippen molar-refractivity contribution in [1.29, 1.82) is 0 Å². The van der Waals surface area contributed by atoms with Crippen LogP contribution in [0.2, 0.25) is 0 Å². The normalized spacial score (nSPS) is 14.5. The molecular weight excluding hydrogens is 281 g/mol. The van der Waals surface area contributed by atoms with Crippen molar-refractivity contribution >= 4 is 5.91 Å². The zero-order valence-electron chi connectivity index (χ0n) is 12.0. The second kappa shape index (κ2) is 8.02. The number of rotatable bonds is 7. The minimum atomic E-state index is -4.13. The number of unbranched alkanes of at least 4 members (excludes halogenated alkanes) is 1. The average Bonchev–Trinajstić information content (AvgIpc) is 2.44. The second-order valence-corrected chi connectivity index (χ2v) is 5.09. The van der Waals surface area contributed by atoms with Crippen molar-refractivity contribution in [2.75, 3.05) is 6.54 Å². The van der Waals surface area contributed by atoms with Crippen LogP contribution in [-0.4, -0.2) is 18.6 Å². The summed E-state index contributed by atoms with van der Waals surface area (Å²) in [6, 6.07) is 8.81. The van der Waals surface area contributed by atoms with Gasteiger partial charge in [0.05, 0.1) is 5.92 Å². The van der Waals surface area contributed by atoms with Gasteiger partial charge < -0.3 is 11.1 Å². The molecular formula is C15H21F3N2O. The first-order valence-corrected chi connectivity index (χ1v) is 6.96. The number of nitrogens with one attached hydrogen (secondary N) is 1. The Labute approximate surface area is 122 Å². The van der Waals surface area contributed by atoms with E-state index in [1.54, 1.807) is 6.92 Å². The maximum absolute atomic E-state index is 12.0. The van der Waals surface area contributed by atoms with Gasteiger partial charge in [-0.05, 0) is 18.4 Å². The van der Waals surface area contributed by atoms with Crippen molar-refractivity contribution < 1.29 is 18.0 Å². The lowest BCUT2D eigenvalue weighted by Crippen LogP contribution is -2.36. The highest BCUT2D eigenvalue weighted by molar-refractivity contribution is 5.79. The predicted octanol–water partition coefficient (Wildman–Crippen LogP) is 3.17. The molecule has 0 bridgehead atoms. The topological polar surface area (TPSA) is 55.1 Å². The first-order chi connectivity index (χ1) is 9.81. The van der Waals surface area contributed by atoms with Crippen molar-refractivity contribution in [1.82, 2.24) is 5.32 Å². The van der Waals surface area contributed by atoms with Gasteiger partial charge in [-0.15, -0.1) is 0 Å². The Balaban J connectivity index is 2.31. The molecule has 0 saturated carbocycles. The Kier molecular flexibility index (Phi) is 6.68. The molecule has 3 nitrogen and oxygen atoms in total. The Morgan fingerprint density at radius 2 is 1.86 bits per heavy atom. The van der Waals surface area contributed by atoms with E-state index in [1.807, 2.05) is 30.3 Å². The minimum Gasteiger partial charge on any atom is -0.356 e.